The van der Waals surface area contributed by atoms with Gasteiger partial charge in [-0.15, -0.1) is 5.10 Å². The molecule has 1 aromatic carbocycles. The first kappa shape index (κ1) is 13.9. The number of tetrazole rings is 1. The number of benzene rings is 1. The monoisotopic (exact) mass is 295 g/mol. The van der Waals surface area contributed by atoms with Crippen molar-refractivity contribution < 1.29 is 14.3 Å². The van der Waals surface area contributed by atoms with Gasteiger partial charge >= 0.3 is 5.97 Å². The highest BCUT2D eigenvalue weighted by atomic mass is 35.5. The van der Waals surface area contributed by atoms with Crippen molar-refractivity contribution >= 4 is 29.2 Å². The molecule has 0 radical (unpaired) electrons. The van der Waals surface area contributed by atoms with Crippen molar-refractivity contribution in [2.75, 3.05) is 11.9 Å². The summed E-state index contributed by atoms with van der Waals surface area (Å²) < 4.78 is 5.97. The van der Waals surface area contributed by atoms with E-state index in [0.717, 1.165) is 0 Å². The van der Waals surface area contributed by atoms with Crippen LogP contribution in [0.25, 0.3) is 0 Å². The van der Waals surface area contributed by atoms with Gasteiger partial charge in [0.1, 0.15) is 12.9 Å². The van der Waals surface area contributed by atoms with E-state index < -0.39 is 11.9 Å². The van der Waals surface area contributed by atoms with Crippen LogP contribution in [0.2, 0.25) is 5.02 Å². The van der Waals surface area contributed by atoms with Crippen LogP contribution in [0, 0.1) is 0 Å². The minimum absolute atomic E-state index is 0.152. The molecule has 0 aliphatic carbocycles. The lowest BCUT2D eigenvalue weighted by molar-refractivity contribution is -0.148. The van der Waals surface area contributed by atoms with Crippen LogP contribution >= 0.6 is 11.6 Å². The third-order valence-electron chi connectivity index (χ3n) is 2.17. The fourth-order valence-electron chi connectivity index (χ4n) is 1.31. The lowest BCUT2D eigenvalue weighted by Crippen LogP contribution is -2.23. The summed E-state index contributed by atoms with van der Waals surface area (Å²) in [6.07, 6.45) is 1.27. The van der Waals surface area contributed by atoms with Crippen LogP contribution in [0.3, 0.4) is 0 Å². The van der Waals surface area contributed by atoms with Crippen molar-refractivity contribution in [3.63, 3.8) is 0 Å². The quantitative estimate of drug-likeness (QED) is 0.807. The molecule has 0 bridgehead atoms. The van der Waals surface area contributed by atoms with Gasteiger partial charge in [0.15, 0.2) is 6.61 Å². The van der Waals surface area contributed by atoms with Gasteiger partial charge in [-0.1, -0.05) is 11.6 Å². The zero-order valence-corrected chi connectivity index (χ0v) is 10.9. The van der Waals surface area contributed by atoms with Gasteiger partial charge in [-0.05, 0) is 34.7 Å². The van der Waals surface area contributed by atoms with Crippen molar-refractivity contribution in [2.45, 2.75) is 6.54 Å². The molecule has 2 rings (SSSR count). The molecule has 0 saturated heterocycles. The van der Waals surface area contributed by atoms with E-state index in [1.807, 2.05) is 0 Å². The number of nitrogens with zero attached hydrogens (tertiary/aromatic N) is 4. The van der Waals surface area contributed by atoms with Crippen molar-refractivity contribution in [2.24, 2.45) is 0 Å². The van der Waals surface area contributed by atoms with Crippen molar-refractivity contribution in [3.8, 4) is 0 Å². The number of halogens is 1. The molecule has 0 atom stereocenters. The van der Waals surface area contributed by atoms with Crippen LogP contribution in [0.5, 0.6) is 0 Å². The fraction of sp³-hybridized carbons (Fsp3) is 0.182. The Morgan fingerprint density at radius 2 is 2.05 bits per heavy atom. The molecular weight excluding hydrogens is 286 g/mol. The molecule has 0 fully saturated rings. The molecular formula is C11H10ClN5O3. The predicted octanol–water partition coefficient (Wildman–Crippen LogP) is 0.508. The summed E-state index contributed by atoms with van der Waals surface area (Å²) in [4.78, 5) is 22.9. The van der Waals surface area contributed by atoms with Gasteiger partial charge in [0.25, 0.3) is 5.91 Å². The number of hydrogen-bond acceptors (Lipinski definition) is 6. The Labute approximate surface area is 118 Å². The molecule has 0 aliphatic rings. The Balaban J connectivity index is 1.74. The molecule has 9 heteroatoms. The maximum atomic E-state index is 11.5. The molecule has 1 heterocycles. The van der Waals surface area contributed by atoms with E-state index in [1.54, 1.807) is 24.3 Å². The Morgan fingerprint density at radius 3 is 2.70 bits per heavy atom. The average molecular weight is 296 g/mol. The third kappa shape index (κ3) is 4.32. The van der Waals surface area contributed by atoms with Gasteiger partial charge in [0.05, 0.1) is 0 Å². The van der Waals surface area contributed by atoms with Crippen LogP contribution in [0.4, 0.5) is 5.69 Å². The van der Waals surface area contributed by atoms with Crippen LogP contribution < -0.4 is 5.32 Å². The Hall–Kier alpha value is -2.48. The summed E-state index contributed by atoms with van der Waals surface area (Å²) in [5.74, 6) is -1.05. The van der Waals surface area contributed by atoms with Gasteiger partial charge in [0.2, 0.25) is 0 Å². The molecule has 104 valence electrons. The third-order valence-corrected chi connectivity index (χ3v) is 2.43. The van der Waals surface area contributed by atoms with E-state index in [1.165, 1.54) is 11.0 Å². The van der Waals surface area contributed by atoms with E-state index in [2.05, 4.69) is 20.8 Å². The maximum absolute atomic E-state index is 11.5. The van der Waals surface area contributed by atoms with Crippen LogP contribution in [0.1, 0.15) is 0 Å². The van der Waals surface area contributed by atoms with Gasteiger partial charge < -0.3 is 10.1 Å². The number of aromatic nitrogens is 4. The molecule has 1 amide bonds. The number of carbonyl (C=O) groups is 2. The molecule has 2 aromatic rings. The summed E-state index contributed by atoms with van der Waals surface area (Å²) in [5.41, 5.74) is 0.566. The fourth-order valence-corrected chi connectivity index (χ4v) is 1.43. The Kier molecular flexibility index (Phi) is 4.61. The normalized spacial score (nSPS) is 10.1. The summed E-state index contributed by atoms with van der Waals surface area (Å²) in [6, 6.07) is 6.56. The highest BCUT2D eigenvalue weighted by Crippen LogP contribution is 2.13. The van der Waals surface area contributed by atoms with Gasteiger partial charge in [0, 0.05) is 10.7 Å². The Bertz CT molecular complexity index is 585. The second-order valence-corrected chi connectivity index (χ2v) is 4.16. The van der Waals surface area contributed by atoms with Gasteiger partial charge in [-0.25, -0.2) is 4.68 Å². The average Bonchev–Trinajstić information content (AvgIpc) is 2.92. The number of hydrogen-bond donors (Lipinski definition) is 1. The summed E-state index contributed by atoms with van der Waals surface area (Å²) in [6.45, 7) is -0.537. The SMILES string of the molecule is O=C(COC(=O)Cn1cnnn1)Nc1ccc(Cl)cc1. The van der Waals surface area contributed by atoms with E-state index in [9.17, 15) is 9.59 Å². The van der Waals surface area contributed by atoms with E-state index >= 15 is 0 Å². The highest BCUT2D eigenvalue weighted by molar-refractivity contribution is 6.30. The van der Waals surface area contributed by atoms with E-state index in [0.29, 0.717) is 10.7 Å². The van der Waals surface area contributed by atoms with Crippen molar-refractivity contribution in [1.29, 1.82) is 0 Å². The topological polar surface area (TPSA) is 99.0 Å². The predicted molar refractivity (Wildman–Crippen MR) is 68.9 cm³/mol. The molecule has 0 saturated carbocycles. The number of nitrogens with one attached hydrogen (secondary N) is 1. The molecule has 8 nitrogen and oxygen atoms in total. The number of esters is 1. The van der Waals surface area contributed by atoms with Gasteiger partial charge in [-0.2, -0.15) is 0 Å². The molecule has 0 unspecified atom stereocenters. The van der Waals surface area contributed by atoms with Crippen molar-refractivity contribution in [3.05, 3.63) is 35.6 Å². The van der Waals surface area contributed by atoms with Crippen molar-refractivity contribution in [1.82, 2.24) is 20.2 Å². The summed E-state index contributed by atoms with van der Waals surface area (Å²) >= 11 is 5.72. The summed E-state index contributed by atoms with van der Waals surface area (Å²) in [5, 5.41) is 13.4. The molecule has 20 heavy (non-hydrogen) atoms. The maximum Gasteiger partial charge on any atom is 0.328 e. The smallest absolute Gasteiger partial charge is 0.328 e. The number of rotatable bonds is 5. The first-order valence-corrected chi connectivity index (χ1v) is 5.93. The second-order valence-electron chi connectivity index (χ2n) is 3.72. The Morgan fingerprint density at radius 1 is 1.30 bits per heavy atom. The minimum atomic E-state index is -0.608. The van der Waals surface area contributed by atoms with Crippen LogP contribution in [-0.2, 0) is 20.9 Å². The molecule has 1 aromatic heterocycles. The molecule has 1 N–H and O–H groups in total. The molecule has 0 spiro atoms. The number of anilines is 1. The zero-order valence-electron chi connectivity index (χ0n) is 10.2. The lowest BCUT2D eigenvalue weighted by atomic mass is 10.3. The minimum Gasteiger partial charge on any atom is -0.454 e. The molecule has 0 aliphatic heterocycles. The number of amides is 1. The highest BCUT2D eigenvalue weighted by Gasteiger charge is 2.09. The van der Waals surface area contributed by atoms with Crippen LogP contribution in [-0.4, -0.2) is 38.7 Å². The number of carbonyl (C=O) groups excluding carboxylic acids is 2. The first-order chi connectivity index (χ1) is 9.63. The standard InChI is InChI=1S/C11H10ClN5O3/c12-8-1-3-9(4-2-8)14-10(18)6-20-11(19)5-17-7-13-15-16-17/h1-4,7H,5-6H2,(H,14,18). The van der Waals surface area contributed by atoms with E-state index in [4.69, 9.17) is 16.3 Å². The lowest BCUT2D eigenvalue weighted by Gasteiger charge is -2.06. The van der Waals surface area contributed by atoms with E-state index in [-0.39, 0.29) is 13.2 Å². The van der Waals surface area contributed by atoms with Gasteiger partial charge in [-0.3, -0.25) is 9.59 Å². The largest absolute Gasteiger partial charge is 0.454 e. The number of ether oxygens (including phenoxy) is 1. The summed E-state index contributed by atoms with van der Waals surface area (Å²) in [7, 11) is 0. The zero-order chi connectivity index (χ0) is 14.4. The van der Waals surface area contributed by atoms with Crippen LogP contribution in [0.15, 0.2) is 30.6 Å². The second kappa shape index (κ2) is 6.62. The first-order valence-electron chi connectivity index (χ1n) is 5.55.